The zero-order chi connectivity index (χ0) is 76.2. The Kier molecular flexibility index (Phi) is 34.7. The van der Waals surface area contributed by atoms with E-state index in [0.29, 0.717) is 11.8 Å². The molecule has 0 radical (unpaired) electrons. The molecular weight excluding hydrogens is 1360 g/mol. The van der Waals surface area contributed by atoms with Crippen LogP contribution in [0.25, 0.3) is 5.57 Å². The molecule has 6 heterocycles. The number of nitrogens with one attached hydrogen (secondary N) is 3. The first-order valence-corrected chi connectivity index (χ1v) is 38.0. The van der Waals surface area contributed by atoms with Crippen LogP contribution in [-0.2, 0) is 0 Å². The molecule has 3 amide bonds. The van der Waals surface area contributed by atoms with Crippen LogP contribution >= 0.6 is 0 Å². The van der Waals surface area contributed by atoms with Crippen LogP contribution in [0.2, 0.25) is 0 Å². The summed E-state index contributed by atoms with van der Waals surface area (Å²) in [7, 11) is 0. The molecule has 3 fully saturated rings. The van der Waals surface area contributed by atoms with Gasteiger partial charge in [0.15, 0.2) is 0 Å². The number of fused-ring (bicyclic) bond motifs is 3. The molecular formula is C98H106N6O6. The second kappa shape index (κ2) is 44.6. The second-order valence-electron chi connectivity index (χ2n) is 26.9. The monoisotopic (exact) mass is 1460 g/mol. The minimum absolute atomic E-state index is 0. The zero-order valence-corrected chi connectivity index (χ0v) is 63.6. The molecule has 110 heavy (non-hydrogen) atoms. The van der Waals surface area contributed by atoms with Crippen molar-refractivity contribution in [2.24, 2.45) is 0 Å². The average molecular weight is 1460 g/mol. The smallest absolute Gasteiger partial charge is 0.253 e. The average Bonchev–Trinajstić information content (AvgIpc) is 1.03. The maximum atomic E-state index is 12.7. The van der Waals surface area contributed by atoms with Crippen molar-refractivity contribution in [2.45, 2.75) is 156 Å². The Morgan fingerprint density at radius 3 is 1.08 bits per heavy atom. The number of hydrogen-bond donors (Lipinski definition) is 3. The summed E-state index contributed by atoms with van der Waals surface area (Å²) in [6.07, 6.45) is 13.9. The lowest BCUT2D eigenvalue weighted by Crippen LogP contribution is -2.42. The fraction of sp³-hybridized carbons (Fsp3) is 0.367. The number of hydrogen-bond acceptors (Lipinski definition) is 9. The van der Waals surface area contributed by atoms with E-state index in [-0.39, 0.29) is 49.4 Å². The highest BCUT2D eigenvalue weighted by atomic mass is 16.5. The number of amides is 3. The van der Waals surface area contributed by atoms with Crippen LogP contribution < -0.4 is 30.2 Å². The fourth-order valence-electron chi connectivity index (χ4n) is 14.7. The van der Waals surface area contributed by atoms with E-state index in [2.05, 4.69) is 247 Å². The maximum absolute atomic E-state index is 12.7. The molecule has 3 N–H and O–H groups in total. The molecule has 6 aromatic carbocycles. The molecule has 0 saturated carbocycles. The highest BCUT2D eigenvalue weighted by molar-refractivity contribution is 5.96. The summed E-state index contributed by atoms with van der Waals surface area (Å²) in [6.45, 7) is 29.3. The molecule has 6 aliphatic heterocycles. The Labute approximate surface area is 654 Å². The van der Waals surface area contributed by atoms with Crippen molar-refractivity contribution in [2.75, 3.05) is 78.5 Å². The predicted octanol–water partition coefficient (Wildman–Crippen LogP) is 18.7. The van der Waals surface area contributed by atoms with Crippen LogP contribution in [0.4, 0.5) is 0 Å². The van der Waals surface area contributed by atoms with Crippen LogP contribution in [0.15, 0.2) is 274 Å². The summed E-state index contributed by atoms with van der Waals surface area (Å²) in [5, 5.41) is 10.5. The molecule has 5 atom stereocenters. The molecule has 12 rings (SSSR count). The Bertz CT molecular complexity index is 4690. The summed E-state index contributed by atoms with van der Waals surface area (Å²) >= 11 is 0. The Balaban J connectivity index is 0.000000204. The molecule has 6 aliphatic rings. The van der Waals surface area contributed by atoms with E-state index >= 15 is 0 Å². The third-order valence-electron chi connectivity index (χ3n) is 20.3. The van der Waals surface area contributed by atoms with Gasteiger partial charge in [-0.1, -0.05) is 117 Å². The summed E-state index contributed by atoms with van der Waals surface area (Å²) in [5.74, 6) is 3.92. The largest absolute Gasteiger partial charge is 0.487 e. The van der Waals surface area contributed by atoms with Gasteiger partial charge in [0.1, 0.15) is 34.1 Å². The maximum Gasteiger partial charge on any atom is 0.253 e. The molecule has 3 spiro atoms. The first-order valence-electron chi connectivity index (χ1n) is 38.0. The van der Waals surface area contributed by atoms with E-state index in [9.17, 15) is 14.4 Å². The summed E-state index contributed by atoms with van der Waals surface area (Å²) in [5.41, 5.74) is 57.3. The highest BCUT2D eigenvalue weighted by Gasteiger charge is 2.44. The van der Waals surface area contributed by atoms with Crippen LogP contribution in [-0.4, -0.2) is 128 Å². The number of benzene rings is 6. The molecule has 6 aromatic rings. The Morgan fingerprint density at radius 1 is 0.382 bits per heavy atom. The third-order valence-corrected chi connectivity index (χ3v) is 20.3. The van der Waals surface area contributed by atoms with Gasteiger partial charge in [-0.25, -0.2) is 0 Å². The van der Waals surface area contributed by atoms with E-state index in [1.54, 1.807) is 0 Å². The third kappa shape index (κ3) is 23.7. The molecule has 12 nitrogen and oxygen atoms in total. The minimum atomic E-state index is -0.261. The van der Waals surface area contributed by atoms with Crippen LogP contribution in [0.1, 0.15) is 203 Å². The standard InChI is InChI=1S/2C25H32N2O2.C25H30N2O2.C21H4.2CH4/c3*1-3-27(4-2)24(28)20-12-10-19(11-13-20)22-18-25(14-7-16-26-17-15-25)29-23-9-6-5-8-21(22)23;1-3-5-7-9-11-13-15-17-19-21-20-18-16-14-12-10-8-6-4-2;;/h2*5-6,8-13,22,26H,3-4,7,14-18H2,1-2H3;5-6,8-13,18,26H,3-4,7,14-17H2,1-2H3;1-2H2;2*1H4. The normalized spacial score (nSPS) is 18.8. The van der Waals surface area contributed by atoms with E-state index < -0.39 is 0 Å². The molecule has 3 saturated heterocycles. The lowest BCUT2D eigenvalue weighted by Gasteiger charge is -2.42. The van der Waals surface area contributed by atoms with Crippen molar-refractivity contribution in [3.8, 4) is 17.2 Å². The van der Waals surface area contributed by atoms with Gasteiger partial charge in [-0.15, -0.1) is 0 Å². The second-order valence-corrected chi connectivity index (χ2v) is 26.9. The summed E-state index contributed by atoms with van der Waals surface area (Å²) < 4.78 is 19.8. The molecule has 12 heteroatoms. The number of ether oxygens (including phenoxy) is 3. The molecule has 5 unspecified atom stereocenters. The van der Waals surface area contributed by atoms with Gasteiger partial charge in [-0.3, -0.25) is 14.4 Å². The molecule has 564 valence electrons. The van der Waals surface area contributed by atoms with Gasteiger partial charge in [-0.05, 0) is 333 Å². The number of nitrogens with zero attached hydrogens (tertiary/aromatic N) is 3. The van der Waals surface area contributed by atoms with Crippen LogP contribution in [0.5, 0.6) is 17.2 Å². The van der Waals surface area contributed by atoms with E-state index in [0.717, 1.165) is 194 Å². The van der Waals surface area contributed by atoms with Crippen LogP contribution in [0, 0.1) is 0 Å². The van der Waals surface area contributed by atoms with Crippen molar-refractivity contribution >= 4 is 23.3 Å². The minimum Gasteiger partial charge on any atom is -0.487 e. The quantitative estimate of drug-likeness (QED) is 0.103. The van der Waals surface area contributed by atoms with Crippen molar-refractivity contribution in [3.63, 3.8) is 0 Å². The van der Waals surface area contributed by atoms with Gasteiger partial charge in [-0.2, -0.15) is 0 Å². The van der Waals surface area contributed by atoms with Crippen molar-refractivity contribution in [3.05, 3.63) is 324 Å². The van der Waals surface area contributed by atoms with Gasteiger partial charge in [0.2, 0.25) is 0 Å². The van der Waals surface area contributed by atoms with Crippen LogP contribution in [0.3, 0.4) is 0 Å². The zero-order valence-electron chi connectivity index (χ0n) is 63.6. The van der Waals surface area contributed by atoms with Crippen molar-refractivity contribution < 1.29 is 28.6 Å². The first-order chi connectivity index (χ1) is 52.9. The number of carbonyl (C=O) groups is 3. The van der Waals surface area contributed by atoms with Crippen molar-refractivity contribution in [1.29, 1.82) is 0 Å². The highest BCUT2D eigenvalue weighted by Crippen LogP contribution is 2.50. The Hall–Kier alpha value is -11.7. The lowest BCUT2D eigenvalue weighted by atomic mass is 9.75. The Morgan fingerprint density at radius 2 is 0.709 bits per heavy atom. The lowest BCUT2D eigenvalue weighted by molar-refractivity contribution is 0.0278. The molecule has 0 aromatic heterocycles. The molecule has 0 bridgehead atoms. The van der Waals surface area contributed by atoms with Gasteiger partial charge in [0, 0.05) is 96.6 Å². The summed E-state index contributed by atoms with van der Waals surface area (Å²) in [6, 6.07) is 49.8. The number of carbonyl (C=O) groups excluding carboxylic acids is 3. The number of rotatable bonds is 12. The SMILES string of the molecule is C.C.C=C=C=C=C=C=C=C=C=C=C=C=C=C=C=C=C=C=C=C=C.CCN(CC)C(=O)c1ccc(C2=CC3(CCCNCC3)Oc3ccccc32)cc1.CCN(CC)C(=O)c1ccc(C2CC3(CCCNCC3)Oc3ccccc32)cc1.CCN(CC)C(=O)c1ccc(C2CC3(CCCNCC3)Oc3ccccc32)cc1. The van der Waals surface area contributed by atoms with Gasteiger partial charge in [0.05, 0.1) is 0 Å². The van der Waals surface area contributed by atoms with Gasteiger partial charge in [0.25, 0.3) is 17.7 Å². The first kappa shape index (κ1) is 85.6. The van der Waals surface area contributed by atoms with E-state index in [1.807, 2.05) is 98.7 Å². The van der Waals surface area contributed by atoms with Crippen molar-refractivity contribution in [1.82, 2.24) is 30.7 Å². The van der Waals surface area contributed by atoms with E-state index in [4.69, 9.17) is 14.2 Å². The predicted molar refractivity (Wildman–Crippen MR) is 442 cm³/mol. The fourth-order valence-corrected chi connectivity index (χ4v) is 14.7. The summed E-state index contributed by atoms with van der Waals surface area (Å²) in [4.78, 5) is 43.6. The molecule has 0 aliphatic carbocycles. The topological polar surface area (TPSA) is 125 Å². The van der Waals surface area contributed by atoms with Gasteiger partial charge < -0.3 is 44.9 Å². The number of para-hydroxylation sites is 3. The van der Waals surface area contributed by atoms with Gasteiger partial charge >= 0.3 is 0 Å². The van der Waals surface area contributed by atoms with E-state index in [1.165, 1.54) is 27.8 Å².